The number of ether oxygens (including phenoxy) is 2. The van der Waals surface area contributed by atoms with Gasteiger partial charge in [0.25, 0.3) is 0 Å². The third-order valence-corrected chi connectivity index (χ3v) is 5.48. The van der Waals surface area contributed by atoms with Crippen LogP contribution in [-0.4, -0.2) is 52.4 Å². The number of nitrogens with zero attached hydrogens (tertiary/aromatic N) is 3. The molecule has 1 amide bonds. The Morgan fingerprint density at radius 3 is 2.73 bits per heavy atom. The van der Waals surface area contributed by atoms with Gasteiger partial charge in [0, 0.05) is 36.7 Å². The number of unbranched alkanes of at least 4 members (excludes halogenated alkanes) is 1. The van der Waals surface area contributed by atoms with Crippen molar-refractivity contribution in [2.45, 2.75) is 65.6 Å². The standard InChI is InChI=1S/C27H37N3O3/c1-20-15-21(2)29-24(16-20)17-22-18-30(26(31)33-27(3,4)5)19-25(22)32-14-10-6-7-11-23-12-8-9-13-28-23/h7-9,11-13,15-16,22,25H,6,10,14,17-19H2,1-5H3/b11-7+/t22-,25+/m1/s1. The van der Waals surface area contributed by atoms with Gasteiger partial charge < -0.3 is 14.4 Å². The maximum atomic E-state index is 12.7. The molecule has 2 aromatic heterocycles. The van der Waals surface area contributed by atoms with Crippen LogP contribution in [0, 0.1) is 19.8 Å². The lowest BCUT2D eigenvalue weighted by Crippen LogP contribution is -2.36. The van der Waals surface area contributed by atoms with E-state index in [2.05, 4.69) is 30.1 Å². The number of aryl methyl sites for hydroxylation is 2. The molecular formula is C27H37N3O3. The third kappa shape index (κ3) is 8.28. The fraction of sp³-hybridized carbons (Fsp3) is 0.519. The summed E-state index contributed by atoms with van der Waals surface area (Å²) < 4.78 is 11.9. The second kappa shape index (κ2) is 11.4. The molecule has 0 saturated carbocycles. The van der Waals surface area contributed by atoms with Crippen LogP contribution >= 0.6 is 0 Å². The van der Waals surface area contributed by atoms with E-state index in [0.29, 0.717) is 19.7 Å². The molecule has 2 aromatic rings. The number of carbonyl (C=O) groups is 1. The molecule has 6 nitrogen and oxygen atoms in total. The zero-order chi connectivity index (χ0) is 23.8. The zero-order valence-corrected chi connectivity index (χ0v) is 20.6. The molecule has 0 N–H and O–H groups in total. The van der Waals surface area contributed by atoms with Crippen LogP contribution in [0.25, 0.3) is 6.08 Å². The first-order chi connectivity index (χ1) is 15.7. The average Bonchev–Trinajstić information content (AvgIpc) is 3.12. The lowest BCUT2D eigenvalue weighted by Gasteiger charge is -2.24. The Kier molecular flexibility index (Phi) is 8.61. The first kappa shape index (κ1) is 24.9. The zero-order valence-electron chi connectivity index (χ0n) is 20.6. The van der Waals surface area contributed by atoms with E-state index in [1.54, 1.807) is 11.1 Å². The summed E-state index contributed by atoms with van der Waals surface area (Å²) in [6.45, 7) is 11.6. The van der Waals surface area contributed by atoms with Gasteiger partial charge in [-0.05, 0) is 89.8 Å². The molecule has 3 rings (SSSR count). The van der Waals surface area contributed by atoms with Crippen LogP contribution in [0.1, 0.15) is 56.3 Å². The number of rotatable bonds is 8. The molecular weight excluding hydrogens is 414 g/mol. The van der Waals surface area contributed by atoms with Gasteiger partial charge in [-0.1, -0.05) is 12.1 Å². The molecule has 1 fully saturated rings. The maximum absolute atomic E-state index is 12.7. The highest BCUT2D eigenvalue weighted by Crippen LogP contribution is 2.26. The monoisotopic (exact) mass is 451 g/mol. The van der Waals surface area contributed by atoms with Gasteiger partial charge in [-0.25, -0.2) is 4.79 Å². The summed E-state index contributed by atoms with van der Waals surface area (Å²) in [4.78, 5) is 23.5. The van der Waals surface area contributed by atoms with E-state index in [0.717, 1.165) is 36.3 Å². The Bertz CT molecular complexity index is 917. The molecule has 0 aliphatic carbocycles. The van der Waals surface area contributed by atoms with Crippen molar-refractivity contribution in [1.29, 1.82) is 0 Å². The lowest BCUT2D eigenvalue weighted by atomic mass is 9.98. The number of allylic oxidation sites excluding steroid dienone is 1. The van der Waals surface area contributed by atoms with E-state index >= 15 is 0 Å². The van der Waals surface area contributed by atoms with Gasteiger partial charge >= 0.3 is 6.09 Å². The molecule has 2 atom stereocenters. The highest BCUT2D eigenvalue weighted by Gasteiger charge is 2.38. The number of carbonyl (C=O) groups excluding carboxylic acids is 1. The van der Waals surface area contributed by atoms with Crippen molar-refractivity contribution in [3.63, 3.8) is 0 Å². The number of pyridine rings is 2. The van der Waals surface area contributed by atoms with E-state index in [1.807, 2.05) is 52.0 Å². The van der Waals surface area contributed by atoms with Crippen LogP contribution in [0.4, 0.5) is 4.79 Å². The van der Waals surface area contributed by atoms with Crippen LogP contribution in [0.15, 0.2) is 42.6 Å². The average molecular weight is 452 g/mol. The van der Waals surface area contributed by atoms with Gasteiger partial charge in [0.1, 0.15) is 5.60 Å². The molecule has 1 saturated heterocycles. The Hall–Kier alpha value is -2.73. The molecule has 33 heavy (non-hydrogen) atoms. The highest BCUT2D eigenvalue weighted by molar-refractivity contribution is 5.68. The molecule has 1 aliphatic rings. The number of hydrogen-bond donors (Lipinski definition) is 0. The molecule has 0 aromatic carbocycles. The molecule has 0 spiro atoms. The maximum Gasteiger partial charge on any atom is 0.410 e. The van der Waals surface area contributed by atoms with Gasteiger partial charge in [0.15, 0.2) is 0 Å². The summed E-state index contributed by atoms with van der Waals surface area (Å²) in [5, 5.41) is 0. The largest absolute Gasteiger partial charge is 0.444 e. The van der Waals surface area contributed by atoms with Crippen molar-refractivity contribution >= 4 is 12.2 Å². The Balaban J connectivity index is 1.57. The van der Waals surface area contributed by atoms with Crippen LogP contribution in [-0.2, 0) is 15.9 Å². The highest BCUT2D eigenvalue weighted by atomic mass is 16.6. The predicted molar refractivity (Wildman–Crippen MR) is 131 cm³/mol. The first-order valence-corrected chi connectivity index (χ1v) is 11.8. The van der Waals surface area contributed by atoms with E-state index in [4.69, 9.17) is 14.5 Å². The third-order valence-electron chi connectivity index (χ3n) is 5.48. The van der Waals surface area contributed by atoms with Crippen molar-refractivity contribution in [2.24, 2.45) is 5.92 Å². The number of aromatic nitrogens is 2. The SMILES string of the molecule is Cc1cc(C)nc(C[C@@H]2CN(C(=O)OC(C)(C)C)C[C@@H]2OCCC/C=C/c2ccccn2)c1. The van der Waals surface area contributed by atoms with E-state index in [-0.39, 0.29) is 18.1 Å². The smallest absolute Gasteiger partial charge is 0.410 e. The van der Waals surface area contributed by atoms with E-state index < -0.39 is 5.60 Å². The van der Waals surface area contributed by atoms with Crippen LogP contribution in [0.5, 0.6) is 0 Å². The first-order valence-electron chi connectivity index (χ1n) is 11.8. The van der Waals surface area contributed by atoms with Crippen LogP contribution < -0.4 is 0 Å². The second-order valence-corrected chi connectivity index (χ2v) is 9.84. The van der Waals surface area contributed by atoms with E-state index in [9.17, 15) is 4.79 Å². The van der Waals surface area contributed by atoms with Gasteiger partial charge in [0.2, 0.25) is 0 Å². The van der Waals surface area contributed by atoms with Gasteiger partial charge in [0.05, 0.1) is 18.3 Å². The fourth-order valence-electron chi connectivity index (χ4n) is 4.11. The molecule has 0 unspecified atom stereocenters. The van der Waals surface area contributed by atoms with Crippen LogP contribution in [0.2, 0.25) is 0 Å². The summed E-state index contributed by atoms with van der Waals surface area (Å²) in [6.07, 6.45) is 8.28. The minimum atomic E-state index is -0.513. The van der Waals surface area contributed by atoms with Crippen molar-refractivity contribution in [1.82, 2.24) is 14.9 Å². The van der Waals surface area contributed by atoms with Crippen molar-refractivity contribution < 1.29 is 14.3 Å². The Morgan fingerprint density at radius 1 is 1.21 bits per heavy atom. The topological polar surface area (TPSA) is 64.6 Å². The molecule has 0 radical (unpaired) electrons. The summed E-state index contributed by atoms with van der Waals surface area (Å²) in [7, 11) is 0. The van der Waals surface area contributed by atoms with Gasteiger partial charge in [-0.15, -0.1) is 0 Å². The minimum absolute atomic E-state index is 0.0279. The molecule has 6 heteroatoms. The normalized spacial score (nSPS) is 18.8. The van der Waals surface area contributed by atoms with E-state index in [1.165, 1.54) is 5.56 Å². The van der Waals surface area contributed by atoms with Crippen LogP contribution in [0.3, 0.4) is 0 Å². The summed E-state index contributed by atoms with van der Waals surface area (Å²) in [5.41, 5.74) is 3.72. The van der Waals surface area contributed by atoms with Gasteiger partial charge in [-0.2, -0.15) is 0 Å². The van der Waals surface area contributed by atoms with Crippen molar-refractivity contribution in [3.8, 4) is 0 Å². The number of amides is 1. The fourth-order valence-corrected chi connectivity index (χ4v) is 4.11. The second-order valence-electron chi connectivity index (χ2n) is 9.84. The predicted octanol–water partition coefficient (Wildman–Crippen LogP) is 5.38. The molecule has 0 bridgehead atoms. The molecule has 1 aliphatic heterocycles. The number of likely N-dealkylation sites (tertiary alicyclic amines) is 1. The number of hydrogen-bond acceptors (Lipinski definition) is 5. The van der Waals surface area contributed by atoms with Crippen molar-refractivity contribution in [3.05, 3.63) is 65.2 Å². The molecule has 3 heterocycles. The summed E-state index contributed by atoms with van der Waals surface area (Å²) >= 11 is 0. The van der Waals surface area contributed by atoms with Gasteiger partial charge in [-0.3, -0.25) is 9.97 Å². The quantitative estimate of drug-likeness (QED) is 0.504. The summed E-state index contributed by atoms with van der Waals surface area (Å²) in [5.74, 6) is 0.190. The minimum Gasteiger partial charge on any atom is -0.444 e. The molecule has 178 valence electrons. The Morgan fingerprint density at radius 2 is 2.03 bits per heavy atom. The lowest BCUT2D eigenvalue weighted by molar-refractivity contribution is 0.0175. The van der Waals surface area contributed by atoms with Crippen molar-refractivity contribution in [2.75, 3.05) is 19.7 Å². The Labute approximate surface area is 198 Å². The summed E-state index contributed by atoms with van der Waals surface area (Å²) in [6, 6.07) is 10.1.